The van der Waals surface area contributed by atoms with Crippen molar-refractivity contribution >= 4 is 34.8 Å². The van der Waals surface area contributed by atoms with Crippen LogP contribution in [-0.2, 0) is 10.2 Å². The Morgan fingerprint density at radius 2 is 1.88 bits per heavy atom. The zero-order valence-electron chi connectivity index (χ0n) is 22.9. The van der Waals surface area contributed by atoms with Crippen LogP contribution >= 0.6 is 23.2 Å². The molecule has 4 rings (SSSR count). The van der Waals surface area contributed by atoms with Crippen LogP contribution in [0, 0.1) is 35.3 Å². The molecule has 1 amide bonds. The third-order valence-electron chi connectivity index (χ3n) is 7.35. The SMILES string of the molecule is COc1cc(C)ccc1NC(=O)[C@@H]1N[C@@H](CC(C)(C)C)[C@](C#N)(c2ccc(Cl)cc2F)[C@H]1c1cccc(Cl)c1F. The Bertz CT molecular complexity index is 1480. The number of anilines is 1. The molecule has 0 spiro atoms. The summed E-state index contributed by atoms with van der Waals surface area (Å²) < 4.78 is 36.9. The summed E-state index contributed by atoms with van der Waals surface area (Å²) in [5, 5.41) is 17.1. The van der Waals surface area contributed by atoms with Gasteiger partial charge in [0.15, 0.2) is 0 Å². The monoisotopic (exact) mass is 585 g/mol. The third-order valence-corrected chi connectivity index (χ3v) is 7.87. The van der Waals surface area contributed by atoms with Crippen LogP contribution < -0.4 is 15.4 Å². The lowest BCUT2D eigenvalue weighted by Crippen LogP contribution is -2.45. The van der Waals surface area contributed by atoms with Gasteiger partial charge in [-0.1, -0.05) is 68.2 Å². The van der Waals surface area contributed by atoms with Gasteiger partial charge in [0.1, 0.15) is 22.8 Å². The Kier molecular flexibility index (Phi) is 8.46. The molecule has 1 heterocycles. The second-order valence-corrected chi connectivity index (χ2v) is 12.2. The molecular weight excluding hydrogens is 555 g/mol. The standard InChI is InChI=1S/C31H31Cl2F2N3O2/c1-17-9-12-23(24(13-17)40-5)37-29(39)28-26(19-7-6-8-21(33)27(19)35)31(16-36,25(38-28)15-30(2,3)4)20-11-10-18(32)14-22(20)34/h6-14,25-26,28,38H,15H2,1-5H3,(H,37,39)/t25-,26-,28+,31-/m0/s1. The largest absolute Gasteiger partial charge is 0.495 e. The molecule has 9 heteroatoms. The molecule has 3 aromatic rings. The minimum absolute atomic E-state index is 0.0220. The van der Waals surface area contributed by atoms with E-state index in [1.54, 1.807) is 18.2 Å². The normalized spacial score (nSPS) is 22.6. The highest BCUT2D eigenvalue weighted by molar-refractivity contribution is 6.31. The van der Waals surface area contributed by atoms with E-state index in [9.17, 15) is 10.1 Å². The van der Waals surface area contributed by atoms with Crippen LogP contribution in [-0.4, -0.2) is 25.1 Å². The molecule has 210 valence electrons. The highest BCUT2D eigenvalue weighted by Gasteiger charge is 2.61. The smallest absolute Gasteiger partial charge is 0.242 e. The average molecular weight is 587 g/mol. The Morgan fingerprint density at radius 3 is 2.50 bits per heavy atom. The fourth-order valence-corrected chi connectivity index (χ4v) is 6.01. The fraction of sp³-hybridized carbons (Fsp3) is 0.355. The van der Waals surface area contributed by atoms with Gasteiger partial charge in [-0.3, -0.25) is 4.79 Å². The van der Waals surface area contributed by atoms with E-state index in [4.69, 9.17) is 27.9 Å². The van der Waals surface area contributed by atoms with Crippen molar-refractivity contribution in [3.8, 4) is 11.8 Å². The molecule has 1 aliphatic rings. The van der Waals surface area contributed by atoms with Gasteiger partial charge in [-0.25, -0.2) is 8.78 Å². The number of nitrogens with one attached hydrogen (secondary N) is 2. The number of methoxy groups -OCH3 is 1. The van der Waals surface area contributed by atoms with Crippen molar-refractivity contribution in [2.45, 2.75) is 57.5 Å². The Hall–Kier alpha value is -3.18. The zero-order valence-corrected chi connectivity index (χ0v) is 24.4. The second-order valence-electron chi connectivity index (χ2n) is 11.4. The molecule has 1 saturated heterocycles. The molecule has 0 aliphatic carbocycles. The maximum atomic E-state index is 15.8. The molecule has 1 fully saturated rings. The van der Waals surface area contributed by atoms with E-state index in [-0.39, 0.29) is 26.6 Å². The lowest BCUT2D eigenvalue weighted by Gasteiger charge is -2.37. The Balaban J connectivity index is 1.96. The first-order valence-corrected chi connectivity index (χ1v) is 13.6. The van der Waals surface area contributed by atoms with Crippen molar-refractivity contribution in [1.29, 1.82) is 5.26 Å². The third kappa shape index (κ3) is 5.54. The highest BCUT2D eigenvalue weighted by atomic mass is 35.5. The number of nitrogens with zero attached hydrogens (tertiary/aromatic N) is 1. The Labute approximate surface area is 243 Å². The highest BCUT2D eigenvalue weighted by Crippen LogP contribution is 2.53. The number of aryl methyl sites for hydroxylation is 1. The van der Waals surface area contributed by atoms with Crippen LogP contribution in [0.3, 0.4) is 0 Å². The molecule has 0 bridgehead atoms. The Morgan fingerprint density at radius 1 is 1.15 bits per heavy atom. The van der Waals surface area contributed by atoms with E-state index in [0.29, 0.717) is 17.9 Å². The van der Waals surface area contributed by atoms with Gasteiger partial charge in [0.2, 0.25) is 5.91 Å². The number of carbonyl (C=O) groups excluding carboxylic acids is 1. The lowest BCUT2D eigenvalue weighted by atomic mass is 9.62. The molecular formula is C31H31Cl2F2N3O2. The number of halogens is 4. The molecule has 3 aromatic carbocycles. The number of ether oxygens (including phenoxy) is 1. The number of benzene rings is 3. The van der Waals surface area contributed by atoms with Crippen molar-refractivity contribution in [2.75, 3.05) is 12.4 Å². The zero-order chi connectivity index (χ0) is 29.4. The van der Waals surface area contributed by atoms with Gasteiger partial charge in [0, 0.05) is 22.5 Å². The molecule has 0 unspecified atom stereocenters. The lowest BCUT2D eigenvalue weighted by molar-refractivity contribution is -0.118. The molecule has 40 heavy (non-hydrogen) atoms. The predicted octanol–water partition coefficient (Wildman–Crippen LogP) is 7.55. The molecule has 5 nitrogen and oxygen atoms in total. The topological polar surface area (TPSA) is 74.2 Å². The summed E-state index contributed by atoms with van der Waals surface area (Å²) in [6, 6.07) is 14.2. The van der Waals surface area contributed by atoms with Crippen LogP contribution in [0.1, 0.15) is 49.8 Å². The van der Waals surface area contributed by atoms with Crippen LogP contribution in [0.25, 0.3) is 0 Å². The number of amides is 1. The van der Waals surface area contributed by atoms with Gasteiger partial charge >= 0.3 is 0 Å². The van der Waals surface area contributed by atoms with Gasteiger partial charge in [-0.05, 0) is 60.2 Å². The van der Waals surface area contributed by atoms with Crippen LogP contribution in [0.2, 0.25) is 10.0 Å². The number of hydrogen-bond acceptors (Lipinski definition) is 4. The van der Waals surface area contributed by atoms with Gasteiger partial charge in [-0.15, -0.1) is 0 Å². The quantitative estimate of drug-likeness (QED) is 0.313. The van der Waals surface area contributed by atoms with Crippen LogP contribution in [0.4, 0.5) is 14.5 Å². The summed E-state index contributed by atoms with van der Waals surface area (Å²) in [7, 11) is 1.49. The van der Waals surface area contributed by atoms with Gasteiger partial charge in [-0.2, -0.15) is 5.26 Å². The summed E-state index contributed by atoms with van der Waals surface area (Å²) in [6.07, 6.45) is 0.374. The van der Waals surface area contributed by atoms with Gasteiger partial charge in [0.25, 0.3) is 0 Å². The molecule has 0 aromatic heterocycles. The van der Waals surface area contributed by atoms with E-state index in [1.807, 2.05) is 33.8 Å². The van der Waals surface area contributed by atoms with Gasteiger partial charge in [0.05, 0.1) is 29.9 Å². The second kappa shape index (κ2) is 11.4. The fourth-order valence-electron chi connectivity index (χ4n) is 5.67. The number of rotatable bonds is 6. The van der Waals surface area contributed by atoms with E-state index >= 15 is 8.78 Å². The average Bonchev–Trinajstić information content (AvgIpc) is 3.19. The van der Waals surface area contributed by atoms with Crippen molar-refractivity contribution in [3.05, 3.63) is 93.0 Å². The van der Waals surface area contributed by atoms with Gasteiger partial charge < -0.3 is 15.4 Å². The molecule has 4 atom stereocenters. The summed E-state index contributed by atoms with van der Waals surface area (Å²) >= 11 is 12.3. The van der Waals surface area contributed by atoms with Crippen LogP contribution in [0.15, 0.2) is 54.6 Å². The maximum absolute atomic E-state index is 15.8. The summed E-state index contributed by atoms with van der Waals surface area (Å²) in [5.74, 6) is -2.73. The summed E-state index contributed by atoms with van der Waals surface area (Å²) in [6.45, 7) is 7.83. The van der Waals surface area contributed by atoms with Crippen molar-refractivity contribution < 1.29 is 18.3 Å². The first kappa shape index (κ1) is 29.8. The summed E-state index contributed by atoms with van der Waals surface area (Å²) in [4.78, 5) is 14.0. The van der Waals surface area contributed by atoms with E-state index < -0.39 is 41.0 Å². The van der Waals surface area contributed by atoms with E-state index in [0.717, 1.165) is 11.6 Å². The van der Waals surface area contributed by atoms with E-state index in [1.165, 1.54) is 31.4 Å². The number of hydrogen-bond donors (Lipinski definition) is 2. The van der Waals surface area contributed by atoms with Crippen molar-refractivity contribution in [2.24, 2.45) is 5.41 Å². The maximum Gasteiger partial charge on any atom is 0.242 e. The molecule has 0 saturated carbocycles. The van der Waals surface area contributed by atoms with E-state index in [2.05, 4.69) is 16.7 Å². The van der Waals surface area contributed by atoms with Crippen LogP contribution in [0.5, 0.6) is 5.75 Å². The minimum atomic E-state index is -1.70. The number of carbonyl (C=O) groups is 1. The van der Waals surface area contributed by atoms with Crippen molar-refractivity contribution in [3.63, 3.8) is 0 Å². The van der Waals surface area contributed by atoms with Crippen molar-refractivity contribution in [1.82, 2.24) is 5.32 Å². The predicted molar refractivity (Wildman–Crippen MR) is 154 cm³/mol. The molecule has 1 aliphatic heterocycles. The summed E-state index contributed by atoms with van der Waals surface area (Å²) in [5.41, 5.74) is -0.653. The number of nitriles is 1. The molecule has 0 radical (unpaired) electrons. The first-order chi connectivity index (χ1) is 18.8. The molecule has 2 N–H and O–H groups in total. The first-order valence-electron chi connectivity index (χ1n) is 12.8. The minimum Gasteiger partial charge on any atom is -0.495 e.